The number of rotatable bonds is 5. The van der Waals surface area contributed by atoms with Crippen molar-refractivity contribution in [3.8, 4) is 11.4 Å². The van der Waals surface area contributed by atoms with Crippen molar-refractivity contribution in [3.05, 3.63) is 71.9 Å². The fourth-order valence-corrected chi connectivity index (χ4v) is 5.40. The molecule has 1 fully saturated rings. The van der Waals surface area contributed by atoms with Crippen LogP contribution >= 0.6 is 0 Å². The van der Waals surface area contributed by atoms with Gasteiger partial charge in [-0.1, -0.05) is 22.7 Å². The van der Waals surface area contributed by atoms with Crippen LogP contribution in [-0.4, -0.2) is 50.9 Å². The Morgan fingerprint density at radius 2 is 1.78 bits per heavy atom. The molecule has 7 nitrogen and oxygen atoms in total. The SMILES string of the molecule is Cc1ccnc(-c2nc3ccccc3c(N(F)c3cc(N4CCOCC4)ccc3S(C)(=O)=O)c2C)c1. The lowest BCUT2D eigenvalue weighted by Crippen LogP contribution is -2.36. The van der Waals surface area contributed by atoms with Crippen molar-refractivity contribution in [1.82, 2.24) is 9.97 Å². The molecule has 2 aromatic heterocycles. The number of morpholine rings is 1. The predicted octanol–water partition coefficient (Wildman–Crippen LogP) is 5.18. The van der Waals surface area contributed by atoms with E-state index in [-0.39, 0.29) is 16.3 Å². The van der Waals surface area contributed by atoms with Gasteiger partial charge < -0.3 is 9.64 Å². The van der Waals surface area contributed by atoms with Crippen LogP contribution in [0, 0.1) is 13.8 Å². The predicted molar refractivity (Wildman–Crippen MR) is 140 cm³/mol. The van der Waals surface area contributed by atoms with Crippen LogP contribution in [0.1, 0.15) is 11.1 Å². The number of nitrogens with zero attached hydrogens (tertiary/aromatic N) is 4. The maximum absolute atomic E-state index is 16.6. The van der Waals surface area contributed by atoms with Gasteiger partial charge in [-0.3, -0.25) is 4.98 Å². The molecule has 0 radical (unpaired) electrons. The van der Waals surface area contributed by atoms with E-state index in [9.17, 15) is 8.42 Å². The van der Waals surface area contributed by atoms with E-state index in [1.54, 1.807) is 31.3 Å². The van der Waals surface area contributed by atoms with Gasteiger partial charge in [0.05, 0.1) is 46.4 Å². The van der Waals surface area contributed by atoms with Crippen LogP contribution in [0.3, 0.4) is 0 Å². The monoisotopic (exact) mass is 506 g/mol. The minimum atomic E-state index is -3.72. The number of hydrogen-bond donors (Lipinski definition) is 0. The zero-order valence-electron chi connectivity index (χ0n) is 20.4. The molecule has 0 atom stereocenters. The zero-order valence-corrected chi connectivity index (χ0v) is 21.2. The number of benzene rings is 2. The van der Waals surface area contributed by atoms with Gasteiger partial charge in [-0.05, 0) is 55.8 Å². The maximum Gasteiger partial charge on any atom is 0.177 e. The summed E-state index contributed by atoms with van der Waals surface area (Å²) < 4.78 is 47.5. The molecule has 3 heterocycles. The summed E-state index contributed by atoms with van der Waals surface area (Å²) in [5.41, 5.74) is 4.26. The quantitative estimate of drug-likeness (QED) is 0.346. The van der Waals surface area contributed by atoms with Crippen molar-refractivity contribution < 1.29 is 17.6 Å². The fraction of sp³-hybridized carbons (Fsp3) is 0.259. The first-order chi connectivity index (χ1) is 17.2. The number of halogens is 1. The van der Waals surface area contributed by atoms with Crippen LogP contribution in [0.5, 0.6) is 0 Å². The number of aryl methyl sites for hydroxylation is 1. The van der Waals surface area contributed by atoms with Gasteiger partial charge in [-0.2, -0.15) is 5.12 Å². The first-order valence-corrected chi connectivity index (χ1v) is 13.6. The summed E-state index contributed by atoms with van der Waals surface area (Å²) in [6.07, 6.45) is 2.79. The second kappa shape index (κ2) is 9.48. The first kappa shape index (κ1) is 24.1. The Balaban J connectivity index is 1.74. The number of fused-ring (bicyclic) bond motifs is 1. The molecule has 1 saturated heterocycles. The van der Waals surface area contributed by atoms with Crippen LogP contribution in [0.2, 0.25) is 0 Å². The van der Waals surface area contributed by atoms with Crippen molar-refractivity contribution in [2.45, 2.75) is 18.7 Å². The molecule has 1 aliphatic heterocycles. The Kier molecular flexibility index (Phi) is 6.36. The Labute approximate surface area is 210 Å². The number of ether oxygens (including phenoxy) is 1. The van der Waals surface area contributed by atoms with E-state index >= 15 is 4.48 Å². The third-order valence-corrected chi connectivity index (χ3v) is 7.53. The van der Waals surface area contributed by atoms with Crippen molar-refractivity contribution in [3.63, 3.8) is 0 Å². The highest BCUT2D eigenvalue weighted by Crippen LogP contribution is 2.42. The minimum Gasteiger partial charge on any atom is -0.378 e. The molecular formula is C27H27FN4O3S. The summed E-state index contributed by atoms with van der Waals surface area (Å²) >= 11 is 0. The molecule has 0 amide bonds. The number of aromatic nitrogens is 2. The number of hydrogen-bond acceptors (Lipinski definition) is 7. The molecule has 4 aromatic rings. The molecule has 0 unspecified atom stereocenters. The van der Waals surface area contributed by atoms with Crippen molar-refractivity contribution in [2.24, 2.45) is 0 Å². The van der Waals surface area contributed by atoms with Gasteiger partial charge in [-0.25, -0.2) is 13.4 Å². The molecule has 0 N–H and O–H groups in total. The molecule has 5 rings (SSSR count). The first-order valence-electron chi connectivity index (χ1n) is 11.7. The molecule has 0 saturated carbocycles. The average Bonchev–Trinajstić information content (AvgIpc) is 2.87. The fourth-order valence-electron chi connectivity index (χ4n) is 4.57. The van der Waals surface area contributed by atoms with Gasteiger partial charge in [0.25, 0.3) is 0 Å². The van der Waals surface area contributed by atoms with Gasteiger partial charge in [0.2, 0.25) is 0 Å². The normalized spacial score (nSPS) is 14.3. The lowest BCUT2D eigenvalue weighted by atomic mass is 10.0. The Hall–Kier alpha value is -3.56. The highest BCUT2D eigenvalue weighted by molar-refractivity contribution is 7.90. The Morgan fingerprint density at radius 3 is 2.50 bits per heavy atom. The molecule has 2 aromatic carbocycles. The number of sulfone groups is 1. The van der Waals surface area contributed by atoms with Gasteiger partial charge >= 0.3 is 0 Å². The van der Waals surface area contributed by atoms with E-state index in [1.165, 1.54) is 6.07 Å². The van der Waals surface area contributed by atoms with E-state index in [0.29, 0.717) is 59.3 Å². The summed E-state index contributed by atoms with van der Waals surface area (Å²) in [7, 11) is -3.72. The lowest BCUT2D eigenvalue weighted by Gasteiger charge is -2.30. The van der Waals surface area contributed by atoms with Gasteiger partial charge in [0.1, 0.15) is 0 Å². The van der Waals surface area contributed by atoms with E-state index in [0.717, 1.165) is 17.5 Å². The molecule has 0 bridgehead atoms. The van der Waals surface area contributed by atoms with Crippen molar-refractivity contribution in [2.75, 3.05) is 42.6 Å². The summed E-state index contributed by atoms with van der Waals surface area (Å²) in [5.74, 6) is 0. The molecule has 1 aliphatic rings. The summed E-state index contributed by atoms with van der Waals surface area (Å²) in [6, 6.07) is 15.8. The van der Waals surface area contributed by atoms with E-state index in [1.807, 2.05) is 37.3 Å². The standard InChI is InChI=1S/C27H27FN4O3S/c1-18-10-11-29-23(16-18)26-19(2)27(21-6-4-5-7-22(21)30-26)32(28)24-17-20(31-12-14-35-15-13-31)8-9-25(24)36(3,33)34/h4-11,16-17H,12-15H2,1-3H3. The second-order valence-electron chi connectivity index (χ2n) is 8.97. The van der Waals surface area contributed by atoms with E-state index < -0.39 is 9.84 Å². The smallest absolute Gasteiger partial charge is 0.177 e. The zero-order chi connectivity index (χ0) is 25.4. The van der Waals surface area contributed by atoms with E-state index in [2.05, 4.69) is 9.88 Å². The van der Waals surface area contributed by atoms with Crippen molar-refractivity contribution in [1.29, 1.82) is 0 Å². The minimum absolute atomic E-state index is 0.0379. The van der Waals surface area contributed by atoms with Crippen molar-refractivity contribution >= 4 is 37.8 Å². The summed E-state index contributed by atoms with van der Waals surface area (Å²) in [5, 5.41) is 1.06. The van der Waals surface area contributed by atoms with Crippen LogP contribution in [-0.2, 0) is 14.6 Å². The van der Waals surface area contributed by atoms with Crippen LogP contribution in [0.4, 0.5) is 21.5 Å². The third-order valence-electron chi connectivity index (χ3n) is 6.39. The third kappa shape index (κ3) is 4.52. The van der Waals surface area contributed by atoms with Crippen LogP contribution in [0.15, 0.2) is 65.7 Å². The largest absolute Gasteiger partial charge is 0.378 e. The van der Waals surface area contributed by atoms with Crippen LogP contribution in [0.25, 0.3) is 22.3 Å². The highest BCUT2D eigenvalue weighted by atomic mass is 32.2. The molecule has 9 heteroatoms. The topological polar surface area (TPSA) is 75.6 Å². The van der Waals surface area contributed by atoms with Crippen LogP contribution < -0.4 is 10.0 Å². The Morgan fingerprint density at radius 1 is 1.03 bits per heavy atom. The average molecular weight is 507 g/mol. The summed E-state index contributed by atoms with van der Waals surface area (Å²) in [4.78, 5) is 11.2. The molecule has 36 heavy (non-hydrogen) atoms. The maximum atomic E-state index is 16.6. The van der Waals surface area contributed by atoms with Gasteiger partial charge in [0, 0.05) is 42.2 Å². The lowest BCUT2D eigenvalue weighted by molar-refractivity contribution is 0.122. The molecule has 0 aliphatic carbocycles. The number of pyridine rings is 2. The number of para-hydroxylation sites is 1. The summed E-state index contributed by atoms with van der Waals surface area (Å²) in [6.45, 7) is 6.15. The second-order valence-corrected chi connectivity index (χ2v) is 11.0. The highest BCUT2D eigenvalue weighted by Gasteiger charge is 2.26. The van der Waals surface area contributed by atoms with E-state index in [4.69, 9.17) is 9.72 Å². The molecular weight excluding hydrogens is 479 g/mol. The van der Waals surface area contributed by atoms with Gasteiger partial charge in [-0.15, -0.1) is 0 Å². The number of anilines is 3. The molecule has 186 valence electrons. The molecule has 0 spiro atoms. The van der Waals surface area contributed by atoms with Gasteiger partial charge in [0.15, 0.2) is 9.84 Å². The Bertz CT molecular complexity index is 1550.